The van der Waals surface area contributed by atoms with Crippen LogP contribution in [0, 0.1) is 0 Å². The van der Waals surface area contributed by atoms with Crippen LogP contribution in [-0.2, 0) is 9.59 Å². The topological polar surface area (TPSA) is 69.6 Å². The first kappa shape index (κ1) is 20.3. The second-order valence-corrected chi connectivity index (χ2v) is 3.93. The number of carbonyl (C=O) groups excluding carboxylic acids is 1. The predicted molar refractivity (Wildman–Crippen MR) is 65.3 cm³/mol. The van der Waals surface area contributed by atoms with Gasteiger partial charge in [-0.2, -0.15) is 13.2 Å². The van der Waals surface area contributed by atoms with E-state index in [0.717, 1.165) is 7.05 Å². The maximum Gasteiger partial charge on any atom is 0.406 e. The van der Waals surface area contributed by atoms with E-state index in [9.17, 15) is 22.8 Å². The van der Waals surface area contributed by atoms with Crippen molar-refractivity contribution in [1.29, 1.82) is 0 Å². The van der Waals surface area contributed by atoms with Crippen molar-refractivity contribution in [2.24, 2.45) is 0 Å². The van der Waals surface area contributed by atoms with Gasteiger partial charge in [0.05, 0.1) is 6.54 Å². The van der Waals surface area contributed by atoms with Crippen molar-refractivity contribution < 1.29 is 27.9 Å². The highest BCUT2D eigenvalue weighted by Crippen LogP contribution is 2.15. The molecule has 0 aliphatic heterocycles. The minimum atomic E-state index is -4.46. The van der Waals surface area contributed by atoms with E-state index in [-0.39, 0.29) is 12.4 Å². The first-order valence-electron chi connectivity index (χ1n) is 5.44. The number of rotatable bonds is 7. The van der Waals surface area contributed by atoms with Gasteiger partial charge < -0.3 is 10.0 Å². The molecule has 1 atom stereocenters. The third-order valence-electron chi connectivity index (χ3n) is 2.22. The highest BCUT2D eigenvalue weighted by molar-refractivity contribution is 5.85. The molecule has 0 radical (unpaired) electrons. The summed E-state index contributed by atoms with van der Waals surface area (Å²) in [5.41, 5.74) is 0. The molecule has 0 aliphatic carbocycles. The number of nitrogens with one attached hydrogen (secondary N) is 1. The fraction of sp³-hybridized carbons (Fsp3) is 0.800. The molecular weight excluding hydrogens is 289 g/mol. The molecule has 0 heterocycles. The van der Waals surface area contributed by atoms with Crippen LogP contribution in [0.25, 0.3) is 0 Å². The Labute approximate surface area is 115 Å². The normalized spacial score (nSPS) is 12.5. The van der Waals surface area contributed by atoms with Crippen LogP contribution in [0.5, 0.6) is 0 Å². The fourth-order valence-corrected chi connectivity index (χ4v) is 1.30. The smallest absolute Gasteiger partial charge is 0.406 e. The number of alkyl halides is 3. The van der Waals surface area contributed by atoms with Crippen molar-refractivity contribution in [2.45, 2.75) is 32.0 Å². The molecule has 1 amide bonds. The van der Waals surface area contributed by atoms with Gasteiger partial charge in [0.1, 0.15) is 12.6 Å². The molecule has 19 heavy (non-hydrogen) atoms. The van der Waals surface area contributed by atoms with Crippen LogP contribution in [0.1, 0.15) is 19.8 Å². The van der Waals surface area contributed by atoms with E-state index < -0.39 is 37.2 Å². The van der Waals surface area contributed by atoms with E-state index in [1.165, 1.54) is 0 Å². The molecule has 1 unspecified atom stereocenters. The number of carboxylic acid groups (broad SMARTS) is 1. The van der Waals surface area contributed by atoms with Gasteiger partial charge in [-0.3, -0.25) is 14.9 Å². The third kappa shape index (κ3) is 9.54. The number of hydrogen-bond acceptors (Lipinski definition) is 3. The second-order valence-electron chi connectivity index (χ2n) is 3.93. The van der Waals surface area contributed by atoms with Gasteiger partial charge >= 0.3 is 12.1 Å². The highest BCUT2D eigenvalue weighted by atomic mass is 35.5. The molecular formula is C10H18ClF3N2O3. The molecule has 0 spiro atoms. The summed E-state index contributed by atoms with van der Waals surface area (Å²) in [5.74, 6) is -1.92. The Morgan fingerprint density at radius 3 is 2.26 bits per heavy atom. The Hall–Kier alpha value is -1.02. The Balaban J connectivity index is 0. The lowest BCUT2D eigenvalue weighted by Gasteiger charge is -2.20. The van der Waals surface area contributed by atoms with E-state index in [1.807, 2.05) is 0 Å². The van der Waals surface area contributed by atoms with Gasteiger partial charge in [0.2, 0.25) is 5.91 Å². The molecule has 0 aliphatic rings. The zero-order chi connectivity index (χ0) is 14.3. The molecule has 0 saturated heterocycles. The van der Waals surface area contributed by atoms with Crippen molar-refractivity contribution in [3.63, 3.8) is 0 Å². The number of hydrogen-bond donors (Lipinski definition) is 2. The van der Waals surface area contributed by atoms with Gasteiger partial charge in [-0.1, -0.05) is 13.3 Å². The van der Waals surface area contributed by atoms with Crippen molar-refractivity contribution in [3.8, 4) is 0 Å². The van der Waals surface area contributed by atoms with Crippen LogP contribution in [-0.4, -0.2) is 54.2 Å². The standard InChI is InChI=1S/C10H17F3N2O3.ClH/c1-3-4-7(9(17)18)14-5-8(16)15(2)6-10(11,12)13;/h7,14H,3-6H2,1-2H3,(H,17,18);1H. The Morgan fingerprint density at radius 1 is 1.37 bits per heavy atom. The lowest BCUT2D eigenvalue weighted by atomic mass is 10.2. The van der Waals surface area contributed by atoms with E-state index in [4.69, 9.17) is 5.11 Å². The van der Waals surface area contributed by atoms with Crippen LogP contribution in [0.3, 0.4) is 0 Å². The van der Waals surface area contributed by atoms with Gasteiger partial charge in [0.25, 0.3) is 0 Å². The van der Waals surface area contributed by atoms with Crippen LogP contribution in [0.15, 0.2) is 0 Å². The average Bonchev–Trinajstić information content (AvgIpc) is 2.20. The number of amides is 1. The van der Waals surface area contributed by atoms with E-state index in [0.29, 0.717) is 17.7 Å². The summed E-state index contributed by atoms with van der Waals surface area (Å²) in [6.07, 6.45) is -3.55. The maximum absolute atomic E-state index is 12.0. The van der Waals surface area contributed by atoms with Gasteiger partial charge in [-0.15, -0.1) is 12.4 Å². The van der Waals surface area contributed by atoms with Crippen LogP contribution < -0.4 is 5.32 Å². The summed E-state index contributed by atoms with van der Waals surface area (Å²) >= 11 is 0. The molecule has 0 aromatic carbocycles. The molecule has 0 fully saturated rings. The van der Waals surface area contributed by atoms with Crippen molar-refractivity contribution in [3.05, 3.63) is 0 Å². The van der Waals surface area contributed by atoms with Crippen LogP contribution in [0.4, 0.5) is 13.2 Å². The monoisotopic (exact) mass is 306 g/mol. The van der Waals surface area contributed by atoms with Gasteiger partial charge in [-0.25, -0.2) is 0 Å². The third-order valence-corrected chi connectivity index (χ3v) is 2.22. The molecule has 5 nitrogen and oxygen atoms in total. The summed E-state index contributed by atoms with van der Waals surface area (Å²) in [4.78, 5) is 22.6. The van der Waals surface area contributed by atoms with Crippen molar-refractivity contribution in [2.75, 3.05) is 20.1 Å². The van der Waals surface area contributed by atoms with Gasteiger partial charge in [0, 0.05) is 7.05 Å². The number of halogens is 4. The summed E-state index contributed by atoms with van der Waals surface area (Å²) in [7, 11) is 1.02. The number of carboxylic acids is 1. The van der Waals surface area contributed by atoms with Crippen LogP contribution in [0.2, 0.25) is 0 Å². The summed E-state index contributed by atoms with van der Waals surface area (Å²) in [5, 5.41) is 11.2. The zero-order valence-electron chi connectivity index (χ0n) is 10.7. The minimum Gasteiger partial charge on any atom is -0.480 e. The largest absolute Gasteiger partial charge is 0.480 e. The van der Waals surface area contributed by atoms with Gasteiger partial charge in [0.15, 0.2) is 0 Å². The maximum atomic E-state index is 12.0. The summed E-state index contributed by atoms with van der Waals surface area (Å²) in [6.45, 7) is -0.00219. The summed E-state index contributed by atoms with van der Waals surface area (Å²) < 4.78 is 36.0. The first-order chi connectivity index (χ1) is 8.17. The minimum absolute atomic E-state index is 0. The highest BCUT2D eigenvalue weighted by Gasteiger charge is 2.31. The average molecular weight is 307 g/mol. The van der Waals surface area contributed by atoms with Gasteiger partial charge in [-0.05, 0) is 6.42 Å². The van der Waals surface area contributed by atoms with E-state index in [1.54, 1.807) is 6.92 Å². The number of nitrogens with zero attached hydrogens (tertiary/aromatic N) is 1. The molecule has 9 heteroatoms. The lowest BCUT2D eigenvalue weighted by molar-refractivity contribution is -0.158. The molecule has 0 bridgehead atoms. The molecule has 0 saturated carbocycles. The Bertz CT molecular complexity index is 300. The lowest BCUT2D eigenvalue weighted by Crippen LogP contribution is -2.45. The van der Waals surface area contributed by atoms with E-state index >= 15 is 0 Å². The first-order valence-corrected chi connectivity index (χ1v) is 5.44. The van der Waals surface area contributed by atoms with Crippen LogP contribution >= 0.6 is 12.4 Å². The number of carbonyl (C=O) groups is 2. The SMILES string of the molecule is CCCC(NCC(=O)N(C)CC(F)(F)F)C(=O)O.Cl. The molecule has 114 valence electrons. The fourth-order valence-electron chi connectivity index (χ4n) is 1.30. The predicted octanol–water partition coefficient (Wildman–Crippen LogP) is 1.27. The number of aliphatic carboxylic acids is 1. The molecule has 0 aromatic heterocycles. The number of likely N-dealkylation sites (N-methyl/N-ethyl adjacent to an activating group) is 1. The summed E-state index contributed by atoms with van der Waals surface area (Å²) in [6, 6.07) is -0.918. The molecule has 0 aromatic rings. The quantitative estimate of drug-likeness (QED) is 0.743. The van der Waals surface area contributed by atoms with Crippen molar-refractivity contribution in [1.82, 2.24) is 10.2 Å². The Kier molecular flexibility index (Phi) is 9.59. The zero-order valence-corrected chi connectivity index (χ0v) is 11.5. The van der Waals surface area contributed by atoms with Crippen molar-refractivity contribution >= 4 is 24.3 Å². The molecule has 0 rings (SSSR count). The second kappa shape index (κ2) is 8.98. The molecule has 2 N–H and O–H groups in total. The van der Waals surface area contributed by atoms with E-state index in [2.05, 4.69) is 5.32 Å². The Morgan fingerprint density at radius 2 is 1.89 bits per heavy atom.